The summed E-state index contributed by atoms with van der Waals surface area (Å²) in [5.41, 5.74) is -3.66. The first-order valence-corrected chi connectivity index (χ1v) is 22.7. The lowest BCUT2D eigenvalue weighted by molar-refractivity contribution is -0.130. The molecule has 1 amide bonds. The molecular formula is C37H30N8O20S3. The van der Waals surface area contributed by atoms with Crippen LogP contribution in [0.2, 0.25) is 0 Å². The van der Waals surface area contributed by atoms with Crippen LogP contribution in [0, 0.1) is 0 Å². The first-order chi connectivity index (χ1) is 31.9. The summed E-state index contributed by atoms with van der Waals surface area (Å²) >= 11 is 0. The molecule has 0 radical (unpaired) electrons. The molecule has 0 aliphatic carbocycles. The standard InChI is InChI=1S/C37H30N8O20S3/c46-7-9-64-27-16-25(41-42-31-29(68(61,62)63)12-17-11-21(67(58,59)60)14-26(48)30(17)34(31)49)28(65-10-8-47)15-24(27)40-39-23-6-1-18(13-22(23)36(51)52)38-43-32-33(37(53)54)44-45(35(32)50)19-2-4-20(5-3-19)66(55,56)57/h1-6,11-16,32,46-49H,7-10H2,(H,51,52)(H,53,54)(H,55,56,57)(H,58,59,60)(H,61,62,63)/b40-39+,42-41+,43-38+. The van der Waals surface area contributed by atoms with E-state index in [0.717, 1.165) is 54.6 Å². The van der Waals surface area contributed by atoms with E-state index in [-0.39, 0.29) is 39.9 Å². The number of amides is 1. The average Bonchev–Trinajstić information content (AvgIpc) is 3.60. The third-order valence-corrected chi connectivity index (χ3v) is 11.5. The van der Waals surface area contributed by atoms with Crippen LogP contribution in [0.25, 0.3) is 10.8 Å². The third-order valence-electron chi connectivity index (χ3n) is 8.95. The summed E-state index contributed by atoms with van der Waals surface area (Å²) in [6.07, 6.45) is 0. The minimum atomic E-state index is -5.31. The van der Waals surface area contributed by atoms with Crippen LogP contribution in [0.1, 0.15) is 10.4 Å². The van der Waals surface area contributed by atoms with Crippen LogP contribution in [0.5, 0.6) is 23.0 Å². The lowest BCUT2D eigenvalue weighted by Gasteiger charge is -2.13. The number of nitrogens with zero attached hydrogens (tertiary/aromatic N) is 8. The molecule has 1 heterocycles. The van der Waals surface area contributed by atoms with Crippen LogP contribution in [0.3, 0.4) is 0 Å². The van der Waals surface area contributed by atoms with Crippen LogP contribution in [0.4, 0.5) is 34.1 Å². The Labute approximate surface area is 380 Å². The van der Waals surface area contributed by atoms with Gasteiger partial charge in [0.05, 0.1) is 45.3 Å². The Bertz CT molecular complexity index is 3360. The van der Waals surface area contributed by atoms with Crippen LogP contribution in [-0.2, 0) is 39.9 Å². The van der Waals surface area contributed by atoms with Crippen molar-refractivity contribution in [3.05, 3.63) is 78.4 Å². The number of anilines is 1. The van der Waals surface area contributed by atoms with E-state index in [2.05, 4.69) is 35.8 Å². The number of phenolic OH excluding ortho intramolecular Hbond substituents is 2. The highest BCUT2D eigenvalue weighted by Gasteiger charge is 2.41. The number of benzene rings is 5. The number of aliphatic hydroxyl groups is 2. The zero-order valence-corrected chi connectivity index (χ0v) is 36.1. The summed E-state index contributed by atoms with van der Waals surface area (Å²) in [5.74, 6) is -7.00. The SMILES string of the molecule is O=C(O)C1=NN(c2ccc(S(=O)(=O)O)cc2)C(=O)C1/N=N/c1ccc(/N=N/c2cc(OCCO)c(/N=N/c3c(S(=O)(=O)O)cc4cc(S(=O)(=O)O)cc(O)c4c3O)cc2OCCO)c(C(=O)O)c1. The number of fused-ring (bicyclic) bond motifs is 1. The van der Waals surface area contributed by atoms with E-state index >= 15 is 0 Å². The van der Waals surface area contributed by atoms with E-state index in [9.17, 15) is 83.9 Å². The Morgan fingerprint density at radius 2 is 1.24 bits per heavy atom. The number of carbonyl (C=O) groups is 3. The second-order valence-corrected chi connectivity index (χ2v) is 17.7. The molecule has 356 valence electrons. The highest BCUT2D eigenvalue weighted by Crippen LogP contribution is 2.47. The predicted octanol–water partition coefficient (Wildman–Crippen LogP) is 4.20. The number of carboxylic acid groups (broad SMARTS) is 2. The number of carboxylic acids is 2. The molecule has 0 fully saturated rings. The first kappa shape index (κ1) is 49.5. The summed E-state index contributed by atoms with van der Waals surface area (Å²) in [6.45, 7) is -1.99. The number of azo groups is 3. The normalized spacial score (nSPS) is 14.7. The minimum Gasteiger partial charge on any atom is -0.507 e. The number of hydrazone groups is 1. The fourth-order valence-corrected chi connectivity index (χ4v) is 7.63. The Morgan fingerprint density at radius 3 is 1.76 bits per heavy atom. The smallest absolute Gasteiger partial charge is 0.355 e. The van der Waals surface area contributed by atoms with E-state index in [1.165, 1.54) is 0 Å². The molecule has 68 heavy (non-hydrogen) atoms. The highest BCUT2D eigenvalue weighted by molar-refractivity contribution is 7.86. The van der Waals surface area contributed by atoms with Gasteiger partial charge in [-0.2, -0.15) is 45.6 Å². The van der Waals surface area contributed by atoms with Gasteiger partial charge in [-0.25, -0.2) is 9.59 Å². The molecule has 31 heteroatoms. The van der Waals surface area contributed by atoms with Gasteiger partial charge in [-0.1, -0.05) is 0 Å². The molecule has 28 nitrogen and oxygen atoms in total. The van der Waals surface area contributed by atoms with E-state index in [4.69, 9.17) is 9.47 Å². The topological polar surface area (TPSA) is 444 Å². The van der Waals surface area contributed by atoms with Gasteiger partial charge in [0, 0.05) is 18.2 Å². The lowest BCUT2D eigenvalue weighted by Crippen LogP contribution is -2.33. The highest BCUT2D eigenvalue weighted by atomic mass is 32.2. The van der Waals surface area contributed by atoms with E-state index in [1.807, 2.05) is 0 Å². The van der Waals surface area contributed by atoms with Gasteiger partial charge in [0.15, 0.2) is 11.5 Å². The molecule has 9 N–H and O–H groups in total. The number of aromatic carboxylic acids is 1. The first-order valence-electron chi connectivity index (χ1n) is 18.4. The van der Waals surface area contributed by atoms with Crippen molar-refractivity contribution in [3.63, 3.8) is 0 Å². The van der Waals surface area contributed by atoms with Crippen molar-refractivity contribution in [2.24, 2.45) is 35.8 Å². The molecule has 6 rings (SSSR count). The molecule has 5 aromatic carbocycles. The molecule has 0 saturated carbocycles. The van der Waals surface area contributed by atoms with Crippen molar-refractivity contribution in [1.29, 1.82) is 0 Å². The fourth-order valence-electron chi connectivity index (χ4n) is 5.95. The summed E-state index contributed by atoms with van der Waals surface area (Å²) < 4.78 is 111. The summed E-state index contributed by atoms with van der Waals surface area (Å²) in [4.78, 5) is 35.0. The van der Waals surface area contributed by atoms with Crippen LogP contribution >= 0.6 is 0 Å². The van der Waals surface area contributed by atoms with Gasteiger partial charge < -0.3 is 40.1 Å². The monoisotopic (exact) mass is 1000 g/mol. The molecule has 1 aliphatic heterocycles. The number of aliphatic carboxylic acids is 1. The second kappa shape index (κ2) is 19.5. The molecule has 1 atom stereocenters. The fraction of sp³-hybridized carbons (Fsp3) is 0.135. The molecule has 0 spiro atoms. The number of aromatic hydroxyl groups is 2. The average molecular weight is 1000 g/mol. The number of ether oxygens (including phenoxy) is 2. The Kier molecular flexibility index (Phi) is 14.2. The maximum atomic E-state index is 13.2. The van der Waals surface area contributed by atoms with Crippen molar-refractivity contribution < 1.29 is 93.4 Å². The van der Waals surface area contributed by atoms with Gasteiger partial charge in [0.2, 0.25) is 6.04 Å². The number of phenols is 2. The number of carbonyl (C=O) groups excluding carboxylic acids is 1. The lowest BCUT2D eigenvalue weighted by atomic mass is 10.1. The molecule has 0 aromatic heterocycles. The van der Waals surface area contributed by atoms with Crippen LogP contribution in [-0.4, -0.2) is 126 Å². The van der Waals surface area contributed by atoms with Gasteiger partial charge in [-0.15, -0.1) is 20.5 Å². The van der Waals surface area contributed by atoms with Crippen molar-refractivity contribution in [3.8, 4) is 23.0 Å². The van der Waals surface area contributed by atoms with Crippen LogP contribution in [0.15, 0.2) is 123 Å². The van der Waals surface area contributed by atoms with E-state index < -0.39 is 135 Å². The maximum Gasteiger partial charge on any atom is 0.355 e. The number of rotatable bonds is 18. The quantitative estimate of drug-likeness (QED) is 0.0438. The summed E-state index contributed by atoms with van der Waals surface area (Å²) in [6, 6.07) is 9.27. The summed E-state index contributed by atoms with van der Waals surface area (Å²) in [7, 11) is -14.9. The van der Waals surface area contributed by atoms with E-state index in [0.29, 0.717) is 23.2 Å². The Hall–Kier alpha value is -7.91. The zero-order valence-electron chi connectivity index (χ0n) is 33.7. The largest absolute Gasteiger partial charge is 0.507 e. The molecule has 1 aliphatic rings. The van der Waals surface area contributed by atoms with Gasteiger partial charge in [-0.3, -0.25) is 18.5 Å². The van der Waals surface area contributed by atoms with Gasteiger partial charge in [0.1, 0.15) is 58.1 Å². The van der Waals surface area contributed by atoms with Gasteiger partial charge in [-0.05, 0) is 60.0 Å². The van der Waals surface area contributed by atoms with E-state index in [1.54, 1.807) is 0 Å². The molecule has 0 saturated heterocycles. The van der Waals surface area contributed by atoms with Crippen molar-refractivity contribution in [2.45, 2.75) is 20.7 Å². The number of hydrogen-bond donors (Lipinski definition) is 9. The Morgan fingerprint density at radius 1 is 0.662 bits per heavy atom. The van der Waals surface area contributed by atoms with Crippen LogP contribution < -0.4 is 14.5 Å². The molecule has 0 bridgehead atoms. The van der Waals surface area contributed by atoms with Crippen molar-refractivity contribution in [2.75, 3.05) is 31.4 Å². The van der Waals surface area contributed by atoms with Crippen molar-refractivity contribution >= 4 is 98.8 Å². The van der Waals surface area contributed by atoms with Crippen molar-refractivity contribution in [1.82, 2.24) is 0 Å². The van der Waals surface area contributed by atoms with Gasteiger partial charge in [0.25, 0.3) is 36.3 Å². The second-order valence-electron chi connectivity index (χ2n) is 13.4. The predicted molar refractivity (Wildman–Crippen MR) is 227 cm³/mol. The third kappa shape index (κ3) is 10.9. The zero-order chi connectivity index (χ0) is 49.9. The molecule has 5 aromatic rings. The summed E-state index contributed by atoms with van der Waals surface area (Å²) in [5, 5.41) is 86.8. The maximum absolute atomic E-state index is 13.2. The minimum absolute atomic E-state index is 0.0989. The molecule has 1 unspecified atom stereocenters. The number of hydrogen-bond acceptors (Lipinski definition) is 22. The van der Waals surface area contributed by atoms with Gasteiger partial charge >= 0.3 is 11.9 Å². The molecular weight excluding hydrogens is 973 g/mol. The Balaban J connectivity index is 1.35. The number of aliphatic hydroxyl groups excluding tert-OH is 2.